The van der Waals surface area contributed by atoms with Crippen molar-refractivity contribution in [2.24, 2.45) is 0 Å². The van der Waals surface area contributed by atoms with Gasteiger partial charge in [0.15, 0.2) is 6.10 Å². The highest BCUT2D eigenvalue weighted by atomic mass is 32.2. The number of benzene rings is 1. The summed E-state index contributed by atoms with van der Waals surface area (Å²) in [7, 11) is -1.25. The SMILES string of the molecule is CNS(=O)(=O)c1cc(C(=O)O[C@@H](C)C(=O)N(C(C)C)C(C)C)ccc1OC. The maximum Gasteiger partial charge on any atom is 0.338 e. The Balaban J connectivity index is 3.10. The Morgan fingerprint density at radius 2 is 1.63 bits per heavy atom. The van der Waals surface area contributed by atoms with E-state index >= 15 is 0 Å². The van der Waals surface area contributed by atoms with Crippen molar-refractivity contribution < 1.29 is 27.5 Å². The van der Waals surface area contributed by atoms with Gasteiger partial charge in [-0.2, -0.15) is 0 Å². The topological polar surface area (TPSA) is 102 Å². The van der Waals surface area contributed by atoms with Gasteiger partial charge < -0.3 is 14.4 Å². The average molecular weight is 400 g/mol. The minimum Gasteiger partial charge on any atom is -0.495 e. The molecule has 0 aliphatic carbocycles. The van der Waals surface area contributed by atoms with E-state index in [1.165, 1.54) is 33.2 Å². The number of nitrogens with one attached hydrogen (secondary N) is 1. The second kappa shape index (κ2) is 9.18. The van der Waals surface area contributed by atoms with Gasteiger partial charge in [-0.15, -0.1) is 0 Å². The average Bonchev–Trinajstić information content (AvgIpc) is 2.60. The quantitative estimate of drug-likeness (QED) is 0.668. The molecule has 0 aromatic heterocycles. The highest BCUT2D eigenvalue weighted by Crippen LogP contribution is 2.25. The predicted octanol–water partition coefficient (Wildman–Crippen LogP) is 1.79. The van der Waals surface area contributed by atoms with Gasteiger partial charge in [-0.3, -0.25) is 4.79 Å². The van der Waals surface area contributed by atoms with Crippen molar-refractivity contribution in [3.05, 3.63) is 23.8 Å². The summed E-state index contributed by atoms with van der Waals surface area (Å²) in [5.74, 6) is -1.01. The first kappa shape index (κ1) is 22.9. The molecular formula is C18H28N2O6S. The number of carbonyl (C=O) groups is 2. The van der Waals surface area contributed by atoms with Crippen LogP contribution in [0.25, 0.3) is 0 Å². The largest absolute Gasteiger partial charge is 0.495 e. The van der Waals surface area contributed by atoms with Gasteiger partial charge in [0, 0.05) is 12.1 Å². The number of amides is 1. The van der Waals surface area contributed by atoms with Crippen molar-refractivity contribution in [2.75, 3.05) is 14.2 Å². The van der Waals surface area contributed by atoms with E-state index in [0.717, 1.165) is 6.07 Å². The molecule has 27 heavy (non-hydrogen) atoms. The standard InChI is InChI=1S/C18H28N2O6S/c1-11(2)20(12(3)4)17(21)13(5)26-18(22)14-8-9-15(25-7)16(10-14)27(23,24)19-6/h8-13,19H,1-7H3/t13-/m0/s1. The monoisotopic (exact) mass is 400 g/mol. The Bertz CT molecular complexity index is 781. The van der Waals surface area contributed by atoms with Crippen LogP contribution in [0.3, 0.4) is 0 Å². The number of hydrogen-bond donors (Lipinski definition) is 1. The molecule has 0 fully saturated rings. The lowest BCUT2D eigenvalue weighted by molar-refractivity contribution is -0.143. The van der Waals surface area contributed by atoms with Gasteiger partial charge >= 0.3 is 5.97 Å². The highest BCUT2D eigenvalue weighted by Gasteiger charge is 2.28. The van der Waals surface area contributed by atoms with Crippen LogP contribution in [-0.4, -0.2) is 57.5 Å². The maximum absolute atomic E-state index is 12.6. The van der Waals surface area contributed by atoms with Crippen LogP contribution in [0.15, 0.2) is 23.1 Å². The van der Waals surface area contributed by atoms with Gasteiger partial charge in [0.2, 0.25) is 10.0 Å². The van der Waals surface area contributed by atoms with E-state index in [9.17, 15) is 18.0 Å². The summed E-state index contributed by atoms with van der Waals surface area (Å²) in [5.41, 5.74) is 0.00455. The van der Waals surface area contributed by atoms with Crippen LogP contribution in [0.1, 0.15) is 45.0 Å². The second-order valence-electron chi connectivity index (χ2n) is 6.55. The zero-order valence-electron chi connectivity index (χ0n) is 16.8. The molecule has 1 atom stereocenters. The molecule has 0 spiro atoms. The smallest absolute Gasteiger partial charge is 0.338 e. The lowest BCUT2D eigenvalue weighted by Crippen LogP contribution is -2.47. The summed E-state index contributed by atoms with van der Waals surface area (Å²) >= 11 is 0. The van der Waals surface area contributed by atoms with Crippen molar-refractivity contribution in [3.8, 4) is 5.75 Å². The number of nitrogens with zero attached hydrogens (tertiary/aromatic N) is 1. The molecule has 1 aromatic carbocycles. The molecule has 0 aliphatic rings. The van der Waals surface area contributed by atoms with E-state index in [2.05, 4.69) is 4.72 Å². The Hall–Kier alpha value is -2.13. The zero-order chi connectivity index (χ0) is 20.9. The molecule has 9 heteroatoms. The van der Waals surface area contributed by atoms with Gasteiger partial charge in [-0.05, 0) is 59.9 Å². The van der Waals surface area contributed by atoms with Crippen LogP contribution in [-0.2, 0) is 19.6 Å². The van der Waals surface area contributed by atoms with E-state index < -0.39 is 22.1 Å². The predicted molar refractivity (Wildman–Crippen MR) is 101 cm³/mol. The minimum atomic E-state index is -3.84. The molecule has 1 aromatic rings. The summed E-state index contributed by atoms with van der Waals surface area (Å²) < 4.78 is 36.7. The molecule has 1 amide bonds. The zero-order valence-corrected chi connectivity index (χ0v) is 17.6. The molecule has 0 saturated heterocycles. The molecule has 0 radical (unpaired) electrons. The van der Waals surface area contributed by atoms with E-state index in [0.29, 0.717) is 0 Å². The van der Waals surface area contributed by atoms with Gasteiger partial charge in [0.25, 0.3) is 5.91 Å². The van der Waals surface area contributed by atoms with Crippen LogP contribution in [0.5, 0.6) is 5.75 Å². The van der Waals surface area contributed by atoms with Crippen LogP contribution in [0.2, 0.25) is 0 Å². The lowest BCUT2D eigenvalue weighted by atomic mass is 10.2. The fourth-order valence-electron chi connectivity index (χ4n) is 2.72. The van der Waals surface area contributed by atoms with Crippen LogP contribution >= 0.6 is 0 Å². The number of sulfonamides is 1. The maximum atomic E-state index is 12.6. The fraction of sp³-hybridized carbons (Fsp3) is 0.556. The van der Waals surface area contributed by atoms with Crippen molar-refractivity contribution in [1.82, 2.24) is 9.62 Å². The van der Waals surface area contributed by atoms with Crippen LogP contribution < -0.4 is 9.46 Å². The Kier molecular flexibility index (Phi) is 7.79. The molecule has 152 valence electrons. The van der Waals surface area contributed by atoms with Gasteiger partial charge in [0.1, 0.15) is 10.6 Å². The van der Waals surface area contributed by atoms with E-state index in [1.807, 2.05) is 27.7 Å². The summed E-state index contributed by atoms with van der Waals surface area (Å²) in [4.78, 5) is 26.5. The molecule has 0 bridgehead atoms. The van der Waals surface area contributed by atoms with E-state index in [1.54, 1.807) is 4.90 Å². The van der Waals surface area contributed by atoms with E-state index in [4.69, 9.17) is 9.47 Å². The van der Waals surface area contributed by atoms with Gasteiger partial charge in [-0.1, -0.05) is 0 Å². The van der Waals surface area contributed by atoms with Crippen molar-refractivity contribution in [1.29, 1.82) is 0 Å². The van der Waals surface area contributed by atoms with Crippen molar-refractivity contribution in [3.63, 3.8) is 0 Å². The second-order valence-corrected chi connectivity index (χ2v) is 8.41. The number of carbonyl (C=O) groups excluding carboxylic acids is 2. The molecule has 8 nitrogen and oxygen atoms in total. The first-order valence-corrected chi connectivity index (χ1v) is 10.1. The number of rotatable bonds is 8. The van der Waals surface area contributed by atoms with Gasteiger partial charge in [-0.25, -0.2) is 17.9 Å². The molecular weight excluding hydrogens is 372 g/mol. The molecule has 0 saturated carbocycles. The van der Waals surface area contributed by atoms with Crippen molar-refractivity contribution in [2.45, 2.75) is 57.7 Å². The summed E-state index contributed by atoms with van der Waals surface area (Å²) in [5, 5.41) is 0. The van der Waals surface area contributed by atoms with Gasteiger partial charge in [0.05, 0.1) is 12.7 Å². The Labute approximate surface area is 160 Å². The highest BCUT2D eigenvalue weighted by molar-refractivity contribution is 7.89. The van der Waals surface area contributed by atoms with Crippen LogP contribution in [0, 0.1) is 0 Å². The number of methoxy groups -OCH3 is 1. The summed E-state index contributed by atoms with van der Waals surface area (Å²) in [6, 6.07) is 3.81. The molecule has 0 unspecified atom stereocenters. The molecule has 0 aliphatic heterocycles. The molecule has 0 heterocycles. The summed E-state index contributed by atoms with van der Waals surface area (Å²) in [6.07, 6.45) is -1.01. The third-order valence-corrected chi connectivity index (χ3v) is 5.39. The normalized spacial score (nSPS) is 12.8. The number of hydrogen-bond acceptors (Lipinski definition) is 6. The minimum absolute atomic E-state index is 0.00455. The third kappa shape index (κ3) is 5.43. The Morgan fingerprint density at radius 3 is 2.07 bits per heavy atom. The molecule has 1 rings (SSSR count). The molecule has 1 N–H and O–H groups in total. The lowest BCUT2D eigenvalue weighted by Gasteiger charge is -2.32. The van der Waals surface area contributed by atoms with Crippen LogP contribution in [0.4, 0.5) is 0 Å². The van der Waals surface area contributed by atoms with E-state index in [-0.39, 0.29) is 34.2 Å². The Morgan fingerprint density at radius 1 is 1.07 bits per heavy atom. The summed E-state index contributed by atoms with van der Waals surface area (Å²) in [6.45, 7) is 9.01. The first-order chi connectivity index (χ1) is 12.5. The number of ether oxygens (including phenoxy) is 2. The third-order valence-electron chi connectivity index (χ3n) is 3.96. The van der Waals surface area contributed by atoms with Crippen molar-refractivity contribution >= 4 is 21.9 Å². The first-order valence-electron chi connectivity index (χ1n) is 8.61. The number of esters is 1. The fourth-order valence-corrected chi connectivity index (χ4v) is 3.64.